The molecule has 2 aromatic heterocycles. The highest BCUT2D eigenvalue weighted by atomic mass is 16.4. The molecule has 1 N–H and O–H groups in total. The van der Waals surface area contributed by atoms with Crippen LogP contribution in [0.1, 0.15) is 23.1 Å². The Kier molecular flexibility index (Phi) is 2.19. The van der Waals surface area contributed by atoms with Crippen LogP contribution in [-0.4, -0.2) is 20.6 Å². The van der Waals surface area contributed by atoms with Gasteiger partial charge >= 0.3 is 5.97 Å². The van der Waals surface area contributed by atoms with Crippen LogP contribution < -0.4 is 0 Å². The Labute approximate surface area is 87.2 Å². The third kappa shape index (κ3) is 1.48. The van der Waals surface area contributed by atoms with Crippen LogP contribution >= 0.6 is 0 Å². The van der Waals surface area contributed by atoms with E-state index in [-0.39, 0.29) is 5.69 Å². The number of carbonyl (C=O) groups is 1. The molecule has 0 aliphatic rings. The van der Waals surface area contributed by atoms with Crippen LogP contribution in [0.15, 0.2) is 18.2 Å². The maximum absolute atomic E-state index is 10.9. The Bertz CT molecular complexity index is 529. The van der Waals surface area contributed by atoms with Crippen molar-refractivity contribution < 1.29 is 9.90 Å². The van der Waals surface area contributed by atoms with Gasteiger partial charge in [0.25, 0.3) is 0 Å². The van der Waals surface area contributed by atoms with Crippen molar-refractivity contribution in [2.45, 2.75) is 13.3 Å². The topological polar surface area (TPSA) is 55.1 Å². The Balaban J connectivity index is 2.70. The molecule has 0 bridgehead atoms. The van der Waals surface area contributed by atoms with Gasteiger partial charge in [0.1, 0.15) is 5.69 Å². The monoisotopic (exact) mass is 204 g/mol. The molecule has 0 unspecified atom stereocenters. The van der Waals surface area contributed by atoms with Gasteiger partial charge in [0.15, 0.2) is 0 Å². The fraction of sp³-hybridized carbons (Fsp3) is 0.273. The fourth-order valence-corrected chi connectivity index (χ4v) is 1.66. The predicted octanol–water partition coefficient (Wildman–Crippen LogP) is 1.83. The van der Waals surface area contributed by atoms with Gasteiger partial charge in [-0.25, -0.2) is 4.79 Å². The largest absolute Gasteiger partial charge is 0.477 e. The summed E-state index contributed by atoms with van der Waals surface area (Å²) in [5, 5.41) is 8.94. The molecule has 2 rings (SSSR count). The second kappa shape index (κ2) is 3.38. The lowest BCUT2D eigenvalue weighted by molar-refractivity contribution is 0.0687. The van der Waals surface area contributed by atoms with Crippen molar-refractivity contribution in [1.82, 2.24) is 9.55 Å². The molecule has 15 heavy (non-hydrogen) atoms. The van der Waals surface area contributed by atoms with Gasteiger partial charge in [-0.1, -0.05) is 6.92 Å². The lowest BCUT2D eigenvalue weighted by atomic mass is 10.2. The summed E-state index contributed by atoms with van der Waals surface area (Å²) in [7, 11) is 1.74. The Hall–Kier alpha value is -1.84. The normalized spacial score (nSPS) is 10.8. The van der Waals surface area contributed by atoms with E-state index in [0.717, 1.165) is 23.1 Å². The maximum atomic E-state index is 10.9. The minimum Gasteiger partial charge on any atom is -0.477 e. The highest BCUT2D eigenvalue weighted by molar-refractivity contribution is 5.93. The molecule has 2 heterocycles. The lowest BCUT2D eigenvalue weighted by Crippen LogP contribution is -2.03. The Morgan fingerprint density at radius 3 is 2.87 bits per heavy atom. The Morgan fingerprint density at radius 2 is 2.27 bits per heavy atom. The van der Waals surface area contributed by atoms with Gasteiger partial charge in [-0.2, -0.15) is 0 Å². The molecule has 4 nitrogen and oxygen atoms in total. The van der Waals surface area contributed by atoms with Gasteiger partial charge < -0.3 is 9.67 Å². The van der Waals surface area contributed by atoms with Crippen molar-refractivity contribution in [3.05, 3.63) is 29.6 Å². The van der Waals surface area contributed by atoms with E-state index in [1.807, 2.05) is 19.1 Å². The molecule has 0 spiro atoms. The number of carboxylic acid groups (broad SMARTS) is 1. The van der Waals surface area contributed by atoms with Gasteiger partial charge in [-0.05, 0) is 24.6 Å². The number of pyridine rings is 1. The zero-order valence-corrected chi connectivity index (χ0v) is 8.69. The van der Waals surface area contributed by atoms with Crippen molar-refractivity contribution >= 4 is 17.0 Å². The van der Waals surface area contributed by atoms with Crippen LogP contribution in [0.2, 0.25) is 0 Å². The third-order valence-corrected chi connectivity index (χ3v) is 2.54. The molecule has 0 aliphatic carbocycles. The minimum absolute atomic E-state index is 0.269. The zero-order valence-electron chi connectivity index (χ0n) is 8.69. The van der Waals surface area contributed by atoms with Crippen LogP contribution in [0.25, 0.3) is 11.0 Å². The zero-order chi connectivity index (χ0) is 11.0. The second-order valence-electron chi connectivity index (χ2n) is 3.45. The average molecular weight is 204 g/mol. The lowest BCUT2D eigenvalue weighted by Gasteiger charge is -1.99. The number of aromatic nitrogens is 2. The summed E-state index contributed by atoms with van der Waals surface area (Å²) in [6, 6.07) is 5.44. The summed E-state index contributed by atoms with van der Waals surface area (Å²) >= 11 is 0. The van der Waals surface area contributed by atoms with E-state index in [1.54, 1.807) is 17.7 Å². The summed E-state index contributed by atoms with van der Waals surface area (Å²) in [4.78, 5) is 15.3. The molecule has 0 aromatic carbocycles. The van der Waals surface area contributed by atoms with Crippen LogP contribution in [0.3, 0.4) is 0 Å². The number of carboxylic acids is 1. The molecule has 0 atom stereocenters. The predicted molar refractivity (Wildman–Crippen MR) is 57.1 cm³/mol. The first-order chi connectivity index (χ1) is 7.13. The smallest absolute Gasteiger partial charge is 0.352 e. The highest BCUT2D eigenvalue weighted by Crippen LogP contribution is 2.17. The molecule has 78 valence electrons. The van der Waals surface area contributed by atoms with E-state index in [0.29, 0.717) is 0 Å². The van der Waals surface area contributed by atoms with Gasteiger partial charge in [-0.15, -0.1) is 0 Å². The molecule has 0 aliphatic heterocycles. The van der Waals surface area contributed by atoms with Crippen molar-refractivity contribution in [2.75, 3.05) is 0 Å². The van der Waals surface area contributed by atoms with Gasteiger partial charge in [0, 0.05) is 12.7 Å². The van der Waals surface area contributed by atoms with Crippen LogP contribution in [0.4, 0.5) is 0 Å². The van der Waals surface area contributed by atoms with Crippen LogP contribution in [0, 0.1) is 0 Å². The number of aryl methyl sites for hydroxylation is 2. The summed E-state index contributed by atoms with van der Waals surface area (Å²) in [5.41, 5.74) is 2.84. The molecular formula is C11H12N2O2. The first kappa shape index (κ1) is 9.71. The molecule has 0 radical (unpaired) electrons. The highest BCUT2D eigenvalue weighted by Gasteiger charge is 2.12. The Morgan fingerprint density at radius 1 is 1.53 bits per heavy atom. The second-order valence-corrected chi connectivity index (χ2v) is 3.45. The van der Waals surface area contributed by atoms with E-state index in [1.165, 1.54) is 0 Å². The van der Waals surface area contributed by atoms with Crippen molar-refractivity contribution in [1.29, 1.82) is 0 Å². The van der Waals surface area contributed by atoms with Crippen LogP contribution in [-0.2, 0) is 13.5 Å². The molecule has 2 aromatic rings. The maximum Gasteiger partial charge on any atom is 0.352 e. The van der Waals surface area contributed by atoms with Gasteiger partial charge in [0.2, 0.25) is 0 Å². The number of hydrogen-bond acceptors (Lipinski definition) is 2. The molecule has 0 saturated heterocycles. The summed E-state index contributed by atoms with van der Waals surface area (Å²) in [5.74, 6) is -0.923. The van der Waals surface area contributed by atoms with E-state index >= 15 is 0 Å². The molecule has 0 fully saturated rings. The van der Waals surface area contributed by atoms with Crippen molar-refractivity contribution in [2.24, 2.45) is 7.05 Å². The SMILES string of the molecule is CCc1ccc2c(cc(C(=O)O)n2C)n1. The number of rotatable bonds is 2. The molecule has 0 amide bonds. The molecule has 4 heteroatoms. The third-order valence-electron chi connectivity index (χ3n) is 2.54. The van der Waals surface area contributed by atoms with E-state index < -0.39 is 5.97 Å². The quantitative estimate of drug-likeness (QED) is 0.812. The summed E-state index contributed by atoms with van der Waals surface area (Å²) in [6.45, 7) is 2.02. The van der Waals surface area contributed by atoms with Gasteiger partial charge in [0.05, 0.1) is 11.0 Å². The number of fused-ring (bicyclic) bond motifs is 1. The first-order valence-corrected chi connectivity index (χ1v) is 4.82. The number of hydrogen-bond donors (Lipinski definition) is 1. The van der Waals surface area contributed by atoms with Gasteiger partial charge in [-0.3, -0.25) is 4.98 Å². The van der Waals surface area contributed by atoms with Crippen LogP contribution in [0.5, 0.6) is 0 Å². The molecule has 0 saturated carbocycles. The van der Waals surface area contributed by atoms with E-state index in [2.05, 4.69) is 4.98 Å². The standard InChI is InChI=1S/C11H12N2O2/c1-3-7-4-5-9-8(12-7)6-10(11(14)15)13(9)2/h4-6H,3H2,1-2H3,(H,14,15). The van der Waals surface area contributed by atoms with Crippen molar-refractivity contribution in [3.8, 4) is 0 Å². The van der Waals surface area contributed by atoms with E-state index in [4.69, 9.17) is 5.11 Å². The summed E-state index contributed by atoms with van der Waals surface area (Å²) < 4.78 is 1.64. The van der Waals surface area contributed by atoms with Crippen molar-refractivity contribution in [3.63, 3.8) is 0 Å². The van der Waals surface area contributed by atoms with E-state index in [9.17, 15) is 4.79 Å². The summed E-state index contributed by atoms with van der Waals surface area (Å²) in [6.07, 6.45) is 0.854. The fourth-order valence-electron chi connectivity index (χ4n) is 1.66. The number of nitrogens with zero attached hydrogens (tertiary/aromatic N) is 2. The average Bonchev–Trinajstić information content (AvgIpc) is 2.55. The number of aromatic carboxylic acids is 1. The molecular weight excluding hydrogens is 192 g/mol. The minimum atomic E-state index is -0.923. The first-order valence-electron chi connectivity index (χ1n) is 4.82.